The maximum Gasteiger partial charge on any atom is 0.252 e. The normalized spacial score (nSPS) is 13.3. The molecule has 0 saturated carbocycles. The molecule has 0 aliphatic carbocycles. The maximum absolute atomic E-state index is 2.49. The van der Waals surface area contributed by atoms with Crippen molar-refractivity contribution in [3.05, 3.63) is 126 Å². The van der Waals surface area contributed by atoms with Crippen LogP contribution in [0.5, 0.6) is 0 Å². The number of fused-ring (bicyclic) bond motifs is 4. The van der Waals surface area contributed by atoms with Gasteiger partial charge in [-0.25, -0.2) is 0 Å². The summed E-state index contributed by atoms with van der Waals surface area (Å²) in [7, 11) is 0. The van der Waals surface area contributed by atoms with Crippen molar-refractivity contribution in [3.63, 3.8) is 0 Å². The summed E-state index contributed by atoms with van der Waals surface area (Å²) in [5, 5.41) is 0. The van der Waals surface area contributed by atoms with Gasteiger partial charge < -0.3 is 9.80 Å². The molecule has 0 atom stereocenters. The zero-order chi connectivity index (χ0) is 23.5. The van der Waals surface area contributed by atoms with Crippen LogP contribution in [0.2, 0.25) is 0 Å². The van der Waals surface area contributed by atoms with Crippen LogP contribution >= 0.6 is 0 Å². The first-order chi connectivity index (χ1) is 17.2. The molecule has 0 amide bonds. The first kappa shape index (κ1) is 20.2. The minimum Gasteiger partial charge on any atom is -0.311 e. The molecule has 0 saturated heterocycles. The summed E-state index contributed by atoms with van der Waals surface area (Å²) in [4.78, 5) is 4.92. The fourth-order valence-electron chi connectivity index (χ4n) is 6.03. The van der Waals surface area contributed by atoms with Crippen LogP contribution in [0.1, 0.15) is 11.1 Å². The van der Waals surface area contributed by atoms with Crippen molar-refractivity contribution in [1.82, 2.24) is 0 Å². The largest absolute Gasteiger partial charge is 0.311 e. The predicted molar refractivity (Wildman–Crippen MR) is 150 cm³/mol. The van der Waals surface area contributed by atoms with E-state index < -0.39 is 0 Å². The molecule has 0 unspecified atom stereocenters. The molecule has 2 aliphatic rings. The molecule has 2 aliphatic heterocycles. The minimum absolute atomic E-state index is 0.188. The fourth-order valence-corrected chi connectivity index (χ4v) is 6.03. The second kappa shape index (κ2) is 7.64. The molecule has 5 aromatic rings. The lowest BCUT2D eigenvalue weighted by atomic mass is 9.33. The van der Waals surface area contributed by atoms with Gasteiger partial charge in [-0.15, -0.1) is 0 Å². The van der Waals surface area contributed by atoms with Gasteiger partial charge in [0.2, 0.25) is 0 Å². The molecule has 0 radical (unpaired) electrons. The van der Waals surface area contributed by atoms with E-state index in [0.717, 1.165) is 0 Å². The van der Waals surface area contributed by atoms with Crippen LogP contribution in [0.25, 0.3) is 0 Å². The average Bonchev–Trinajstić information content (AvgIpc) is 2.90. The SMILES string of the molecule is Cc1ccccc1N1c2cccc3c2B(c2ccccc2N3c2ccccc2)c2cccc(C)c21. The van der Waals surface area contributed by atoms with Gasteiger partial charge in [-0.2, -0.15) is 0 Å². The Morgan fingerprint density at radius 3 is 1.83 bits per heavy atom. The monoisotopic (exact) mass is 448 g/mol. The average molecular weight is 448 g/mol. The van der Waals surface area contributed by atoms with Gasteiger partial charge in [0.15, 0.2) is 0 Å². The summed E-state index contributed by atoms with van der Waals surface area (Å²) in [6.07, 6.45) is 0. The Morgan fingerprint density at radius 1 is 0.457 bits per heavy atom. The number of anilines is 6. The lowest BCUT2D eigenvalue weighted by Gasteiger charge is -2.44. The van der Waals surface area contributed by atoms with E-state index >= 15 is 0 Å². The van der Waals surface area contributed by atoms with Gasteiger partial charge in [0.1, 0.15) is 0 Å². The smallest absolute Gasteiger partial charge is 0.252 e. The van der Waals surface area contributed by atoms with Crippen LogP contribution in [0.15, 0.2) is 115 Å². The highest BCUT2D eigenvalue weighted by Gasteiger charge is 2.43. The van der Waals surface area contributed by atoms with E-state index in [4.69, 9.17) is 0 Å². The van der Waals surface area contributed by atoms with Gasteiger partial charge in [0, 0.05) is 34.1 Å². The second-order valence-electron chi connectivity index (χ2n) is 9.51. The number of hydrogen-bond acceptors (Lipinski definition) is 2. The maximum atomic E-state index is 2.49. The Hall–Kier alpha value is -4.24. The Balaban J connectivity index is 1.60. The Labute approximate surface area is 207 Å². The molecule has 7 rings (SSSR count). The topological polar surface area (TPSA) is 6.48 Å². The molecule has 0 aromatic heterocycles. The zero-order valence-electron chi connectivity index (χ0n) is 19.9. The van der Waals surface area contributed by atoms with Crippen molar-refractivity contribution >= 4 is 57.2 Å². The van der Waals surface area contributed by atoms with Gasteiger partial charge in [0.05, 0.1) is 0 Å². The molecule has 5 aromatic carbocycles. The molecule has 0 N–H and O–H groups in total. The molecular weight excluding hydrogens is 423 g/mol. The third-order valence-corrected chi connectivity index (χ3v) is 7.49. The van der Waals surface area contributed by atoms with Crippen LogP contribution in [0.3, 0.4) is 0 Å². The number of nitrogens with zero attached hydrogens (tertiary/aromatic N) is 2. The molecule has 0 fully saturated rings. The summed E-state index contributed by atoms with van der Waals surface area (Å²) in [5.74, 6) is 0. The second-order valence-corrected chi connectivity index (χ2v) is 9.51. The molecule has 35 heavy (non-hydrogen) atoms. The predicted octanol–water partition coefficient (Wildman–Crippen LogP) is 6.39. The van der Waals surface area contributed by atoms with Crippen molar-refractivity contribution in [3.8, 4) is 0 Å². The molecule has 2 nitrogen and oxygen atoms in total. The van der Waals surface area contributed by atoms with E-state index in [-0.39, 0.29) is 6.71 Å². The van der Waals surface area contributed by atoms with E-state index in [1.165, 1.54) is 61.6 Å². The number of para-hydroxylation sites is 4. The summed E-state index contributed by atoms with van der Waals surface area (Å²) in [6.45, 7) is 4.64. The standard InChI is InChI=1S/C32H25BN2/c1-22-12-6-8-18-27(22)35-30-21-11-20-29-31(30)33(26-17-10-13-23(2)32(26)35)25-16-7-9-19-28(25)34(29)24-14-4-3-5-15-24/h3-21H,1-2H3. The Bertz CT molecular complexity index is 1590. The van der Waals surface area contributed by atoms with E-state index in [2.05, 4.69) is 139 Å². The lowest BCUT2D eigenvalue weighted by molar-refractivity contribution is 1.22. The van der Waals surface area contributed by atoms with Crippen LogP contribution in [0.4, 0.5) is 34.1 Å². The van der Waals surface area contributed by atoms with Crippen LogP contribution in [-0.2, 0) is 0 Å². The zero-order valence-corrected chi connectivity index (χ0v) is 19.9. The number of benzene rings is 5. The number of hydrogen-bond donors (Lipinski definition) is 0. The highest BCUT2D eigenvalue weighted by Crippen LogP contribution is 2.44. The van der Waals surface area contributed by atoms with Crippen molar-refractivity contribution in [1.29, 1.82) is 0 Å². The Kier molecular flexibility index (Phi) is 4.40. The molecule has 0 spiro atoms. The van der Waals surface area contributed by atoms with Gasteiger partial charge >= 0.3 is 0 Å². The number of aryl methyl sites for hydroxylation is 2. The molecule has 0 bridgehead atoms. The first-order valence-corrected chi connectivity index (χ1v) is 12.3. The van der Waals surface area contributed by atoms with Crippen molar-refractivity contribution in [2.75, 3.05) is 9.80 Å². The number of rotatable bonds is 2. The quantitative estimate of drug-likeness (QED) is 0.283. The Morgan fingerprint density at radius 2 is 1.03 bits per heavy atom. The van der Waals surface area contributed by atoms with E-state index in [0.29, 0.717) is 0 Å². The summed E-state index contributed by atoms with van der Waals surface area (Å²) < 4.78 is 0. The first-order valence-electron chi connectivity index (χ1n) is 12.3. The van der Waals surface area contributed by atoms with E-state index in [1.54, 1.807) is 0 Å². The lowest BCUT2D eigenvalue weighted by Crippen LogP contribution is -2.61. The molecule has 3 heteroatoms. The summed E-state index contributed by atoms with van der Waals surface area (Å²) in [5.41, 5.74) is 14.2. The highest BCUT2D eigenvalue weighted by molar-refractivity contribution is 7.00. The van der Waals surface area contributed by atoms with Crippen LogP contribution < -0.4 is 26.2 Å². The van der Waals surface area contributed by atoms with Crippen LogP contribution in [-0.4, -0.2) is 6.71 Å². The molecular formula is C32H25BN2. The molecule has 166 valence electrons. The highest BCUT2D eigenvalue weighted by atomic mass is 15.2. The van der Waals surface area contributed by atoms with E-state index in [9.17, 15) is 0 Å². The fraction of sp³-hybridized carbons (Fsp3) is 0.0625. The van der Waals surface area contributed by atoms with Crippen molar-refractivity contribution in [2.24, 2.45) is 0 Å². The van der Waals surface area contributed by atoms with Gasteiger partial charge in [-0.1, -0.05) is 78.9 Å². The van der Waals surface area contributed by atoms with Crippen molar-refractivity contribution < 1.29 is 0 Å². The van der Waals surface area contributed by atoms with Crippen LogP contribution in [0, 0.1) is 13.8 Å². The van der Waals surface area contributed by atoms with Gasteiger partial charge in [-0.3, -0.25) is 0 Å². The summed E-state index contributed by atoms with van der Waals surface area (Å²) >= 11 is 0. The van der Waals surface area contributed by atoms with E-state index in [1.807, 2.05) is 0 Å². The van der Waals surface area contributed by atoms with Crippen molar-refractivity contribution in [2.45, 2.75) is 13.8 Å². The van der Waals surface area contributed by atoms with Gasteiger partial charge in [-0.05, 0) is 77.8 Å². The summed E-state index contributed by atoms with van der Waals surface area (Å²) in [6, 6.07) is 41.9. The minimum atomic E-state index is 0.188. The molecule has 2 heterocycles. The van der Waals surface area contributed by atoms with Gasteiger partial charge in [0.25, 0.3) is 6.71 Å². The third kappa shape index (κ3) is 2.85. The third-order valence-electron chi connectivity index (χ3n) is 7.49.